The minimum Gasteiger partial charge on any atom is -0.490 e. The first kappa shape index (κ1) is 24.1. The molecule has 1 amide bonds. The molecule has 0 spiro atoms. The molecule has 3 rings (SSSR count). The van der Waals surface area contributed by atoms with E-state index in [2.05, 4.69) is 49.0 Å². The first-order valence-corrected chi connectivity index (χ1v) is 11.8. The van der Waals surface area contributed by atoms with Gasteiger partial charge in [-0.15, -0.1) is 0 Å². The Morgan fingerprint density at radius 3 is 2.53 bits per heavy atom. The van der Waals surface area contributed by atoms with E-state index in [0.29, 0.717) is 30.5 Å². The number of para-hydroxylation sites is 1. The third-order valence-corrected chi connectivity index (χ3v) is 5.47. The monoisotopic (exact) mass is 608 g/mol. The smallest absolute Gasteiger partial charge is 0.277 e. The van der Waals surface area contributed by atoms with Gasteiger partial charge < -0.3 is 14.2 Å². The molecule has 32 heavy (non-hydrogen) atoms. The first-order chi connectivity index (χ1) is 15.5. The second kappa shape index (κ2) is 12.4. The lowest BCUT2D eigenvalue weighted by atomic mass is 10.2. The third-order valence-electron chi connectivity index (χ3n) is 4.14. The Morgan fingerprint density at radius 1 is 1.06 bits per heavy atom. The van der Waals surface area contributed by atoms with Crippen LogP contribution in [0.4, 0.5) is 0 Å². The highest BCUT2D eigenvalue weighted by atomic mass is 127. The second-order valence-electron chi connectivity index (χ2n) is 6.57. The first-order valence-electron chi connectivity index (χ1n) is 9.88. The lowest BCUT2D eigenvalue weighted by Gasteiger charge is -2.15. The maximum atomic E-state index is 11.9. The molecular weight excluding hydrogens is 587 g/mol. The van der Waals surface area contributed by atoms with Gasteiger partial charge in [0.15, 0.2) is 18.1 Å². The average Bonchev–Trinajstić information content (AvgIpc) is 2.79. The highest BCUT2D eigenvalue weighted by molar-refractivity contribution is 14.1. The number of carbonyl (C=O) groups excluding carboxylic acids is 1. The fraction of sp³-hybridized carbons (Fsp3) is 0.167. The van der Waals surface area contributed by atoms with Crippen LogP contribution in [0.5, 0.6) is 17.2 Å². The summed E-state index contributed by atoms with van der Waals surface area (Å²) in [5, 5.41) is 4.02. The molecule has 0 aromatic heterocycles. The van der Waals surface area contributed by atoms with Crippen LogP contribution in [-0.2, 0) is 11.4 Å². The Labute approximate surface area is 209 Å². The van der Waals surface area contributed by atoms with Crippen LogP contribution in [0.1, 0.15) is 18.1 Å². The molecule has 6 nitrogen and oxygen atoms in total. The molecule has 0 atom stereocenters. The van der Waals surface area contributed by atoms with E-state index in [4.69, 9.17) is 14.2 Å². The van der Waals surface area contributed by atoms with Crippen LogP contribution >= 0.6 is 38.5 Å². The Hall–Kier alpha value is -2.59. The van der Waals surface area contributed by atoms with E-state index in [0.717, 1.165) is 19.2 Å². The highest BCUT2D eigenvalue weighted by Crippen LogP contribution is 2.34. The Kier molecular flexibility index (Phi) is 9.36. The van der Waals surface area contributed by atoms with Crippen molar-refractivity contribution in [3.63, 3.8) is 0 Å². The molecule has 0 aliphatic carbocycles. The van der Waals surface area contributed by atoms with E-state index < -0.39 is 0 Å². The molecule has 8 heteroatoms. The van der Waals surface area contributed by atoms with Crippen LogP contribution < -0.4 is 19.6 Å². The van der Waals surface area contributed by atoms with E-state index in [1.54, 1.807) is 18.3 Å². The van der Waals surface area contributed by atoms with Gasteiger partial charge in [0, 0.05) is 4.47 Å². The average molecular weight is 609 g/mol. The molecule has 1 N–H and O–H groups in total. The van der Waals surface area contributed by atoms with Gasteiger partial charge in [0.05, 0.1) is 16.4 Å². The lowest BCUT2D eigenvalue weighted by Crippen LogP contribution is -2.24. The van der Waals surface area contributed by atoms with Gasteiger partial charge in [-0.3, -0.25) is 4.79 Å². The predicted octanol–water partition coefficient (Wildman–Crippen LogP) is 5.56. The van der Waals surface area contributed by atoms with Gasteiger partial charge >= 0.3 is 0 Å². The number of hydrogen-bond acceptors (Lipinski definition) is 5. The number of hydrazone groups is 1. The van der Waals surface area contributed by atoms with Crippen molar-refractivity contribution in [2.24, 2.45) is 5.10 Å². The molecule has 0 aliphatic rings. The standard InChI is InChI=1S/C24H22BrIN2O4/c1-2-30-22-13-18(14-27-28-23(29)16-31-20-6-4-3-5-7-20)12-21(26)24(22)32-15-17-8-10-19(25)11-9-17/h3-14H,2,15-16H2,1H3,(H,28,29)/b27-14-. The van der Waals surface area contributed by atoms with Crippen molar-refractivity contribution in [2.75, 3.05) is 13.2 Å². The maximum absolute atomic E-state index is 11.9. The zero-order chi connectivity index (χ0) is 22.8. The molecule has 166 valence electrons. The number of rotatable bonds is 10. The van der Waals surface area contributed by atoms with E-state index in [9.17, 15) is 4.79 Å². The van der Waals surface area contributed by atoms with Crippen LogP contribution in [0.2, 0.25) is 0 Å². The minimum absolute atomic E-state index is 0.119. The summed E-state index contributed by atoms with van der Waals surface area (Å²) in [5.74, 6) is 1.57. The van der Waals surface area contributed by atoms with Crippen molar-refractivity contribution in [1.82, 2.24) is 5.43 Å². The summed E-state index contributed by atoms with van der Waals surface area (Å²) in [5.41, 5.74) is 4.29. The van der Waals surface area contributed by atoms with E-state index in [1.165, 1.54) is 0 Å². The van der Waals surface area contributed by atoms with E-state index in [1.807, 2.05) is 61.5 Å². The summed E-state index contributed by atoms with van der Waals surface area (Å²) >= 11 is 5.64. The number of ether oxygens (including phenoxy) is 3. The fourth-order valence-corrected chi connectivity index (χ4v) is 3.72. The second-order valence-corrected chi connectivity index (χ2v) is 8.65. The summed E-state index contributed by atoms with van der Waals surface area (Å²) in [6.07, 6.45) is 1.56. The molecule has 0 unspecified atom stereocenters. The Bertz CT molecular complexity index is 1060. The van der Waals surface area contributed by atoms with Gasteiger partial charge in [-0.2, -0.15) is 5.10 Å². The number of nitrogens with one attached hydrogen (secondary N) is 1. The number of benzene rings is 3. The maximum Gasteiger partial charge on any atom is 0.277 e. The van der Waals surface area contributed by atoms with E-state index in [-0.39, 0.29) is 12.5 Å². The van der Waals surface area contributed by atoms with Crippen LogP contribution in [0, 0.1) is 3.57 Å². The lowest BCUT2D eigenvalue weighted by molar-refractivity contribution is -0.123. The molecule has 3 aromatic rings. The molecule has 0 aliphatic heterocycles. The molecule has 0 heterocycles. The van der Waals surface area contributed by atoms with Crippen molar-refractivity contribution in [1.29, 1.82) is 0 Å². The van der Waals surface area contributed by atoms with Gasteiger partial charge in [0.2, 0.25) is 0 Å². The van der Waals surface area contributed by atoms with Crippen LogP contribution in [0.3, 0.4) is 0 Å². The quantitative estimate of drug-likeness (QED) is 0.186. The normalized spacial score (nSPS) is 10.7. The van der Waals surface area contributed by atoms with Gasteiger partial charge in [-0.1, -0.05) is 46.3 Å². The molecule has 0 saturated heterocycles. The van der Waals surface area contributed by atoms with Crippen LogP contribution in [-0.4, -0.2) is 25.3 Å². The predicted molar refractivity (Wildman–Crippen MR) is 136 cm³/mol. The fourth-order valence-electron chi connectivity index (χ4n) is 2.68. The summed E-state index contributed by atoms with van der Waals surface area (Å²) in [6.45, 7) is 2.72. The summed E-state index contributed by atoms with van der Waals surface area (Å²) in [7, 11) is 0. The summed E-state index contributed by atoms with van der Waals surface area (Å²) in [4.78, 5) is 11.9. The molecule has 3 aromatic carbocycles. The van der Waals surface area contributed by atoms with Crippen molar-refractivity contribution < 1.29 is 19.0 Å². The van der Waals surface area contributed by atoms with Gasteiger partial charge in [0.25, 0.3) is 5.91 Å². The molecule has 0 saturated carbocycles. The van der Waals surface area contributed by atoms with Crippen LogP contribution in [0.15, 0.2) is 76.3 Å². The zero-order valence-electron chi connectivity index (χ0n) is 17.4. The third kappa shape index (κ3) is 7.52. The van der Waals surface area contributed by atoms with E-state index >= 15 is 0 Å². The summed E-state index contributed by atoms with van der Waals surface area (Å²) in [6, 6.07) is 20.8. The minimum atomic E-state index is -0.348. The zero-order valence-corrected chi connectivity index (χ0v) is 21.1. The Balaban J connectivity index is 1.61. The number of halogens is 2. The number of amides is 1. The van der Waals surface area contributed by atoms with Gasteiger partial charge in [-0.25, -0.2) is 5.43 Å². The van der Waals surface area contributed by atoms with Gasteiger partial charge in [0.1, 0.15) is 12.4 Å². The number of nitrogens with zero attached hydrogens (tertiary/aromatic N) is 1. The van der Waals surface area contributed by atoms with Crippen molar-refractivity contribution >= 4 is 50.6 Å². The van der Waals surface area contributed by atoms with Crippen LogP contribution in [0.25, 0.3) is 0 Å². The topological polar surface area (TPSA) is 69.2 Å². The molecular formula is C24H22BrIN2O4. The largest absolute Gasteiger partial charge is 0.490 e. The molecule has 0 fully saturated rings. The van der Waals surface area contributed by atoms with Crippen molar-refractivity contribution in [2.45, 2.75) is 13.5 Å². The number of carbonyl (C=O) groups is 1. The SMILES string of the molecule is CCOc1cc(/C=N\NC(=O)COc2ccccc2)cc(I)c1OCc1ccc(Br)cc1. The Morgan fingerprint density at radius 2 is 1.81 bits per heavy atom. The van der Waals surface area contributed by atoms with Gasteiger partial charge in [-0.05, 0) is 77.0 Å². The number of hydrogen-bond donors (Lipinski definition) is 1. The van der Waals surface area contributed by atoms with Crippen molar-refractivity contribution in [3.05, 3.63) is 85.9 Å². The summed E-state index contributed by atoms with van der Waals surface area (Å²) < 4.78 is 19.1. The highest BCUT2D eigenvalue weighted by Gasteiger charge is 2.12. The molecule has 0 bridgehead atoms. The molecule has 0 radical (unpaired) electrons. The van der Waals surface area contributed by atoms with Crippen molar-refractivity contribution in [3.8, 4) is 17.2 Å².